The summed E-state index contributed by atoms with van der Waals surface area (Å²) in [4.78, 5) is 17.3. The predicted molar refractivity (Wildman–Crippen MR) is 115 cm³/mol. The highest BCUT2D eigenvalue weighted by Crippen LogP contribution is 2.22. The monoisotopic (exact) mass is 412 g/mol. The summed E-state index contributed by atoms with van der Waals surface area (Å²) in [5, 5.41) is 12.3. The van der Waals surface area contributed by atoms with Gasteiger partial charge < -0.3 is 9.67 Å². The largest absolute Gasteiger partial charge is 0.478 e. The summed E-state index contributed by atoms with van der Waals surface area (Å²) >= 11 is 7.90. The van der Waals surface area contributed by atoms with Crippen LogP contribution in [0.4, 0.5) is 0 Å². The van der Waals surface area contributed by atoms with Gasteiger partial charge in [0.05, 0.1) is 18.4 Å². The Labute approximate surface area is 173 Å². The zero-order chi connectivity index (χ0) is 19.9. The average Bonchev–Trinajstić information content (AvgIpc) is 3.32. The second kappa shape index (κ2) is 9.53. The van der Waals surface area contributed by atoms with Gasteiger partial charge in [-0.1, -0.05) is 48.0 Å². The molecule has 1 N–H and O–H groups in total. The summed E-state index contributed by atoms with van der Waals surface area (Å²) in [6.45, 7) is 2.50. The second-order valence-corrected chi connectivity index (χ2v) is 7.72. The molecule has 2 aromatic heterocycles. The summed E-state index contributed by atoms with van der Waals surface area (Å²) in [6.07, 6.45) is 8.50. The van der Waals surface area contributed by atoms with Gasteiger partial charge in [-0.25, -0.2) is 9.78 Å². The van der Waals surface area contributed by atoms with Crippen molar-refractivity contribution in [3.05, 3.63) is 92.7 Å². The Kier molecular flexibility index (Phi) is 6.85. The fourth-order valence-electron chi connectivity index (χ4n) is 2.88. The number of hydrogen-bond acceptors (Lipinski definition) is 3. The fourth-order valence-corrected chi connectivity index (χ4v) is 3.80. The maximum absolute atomic E-state index is 11.8. The molecule has 0 saturated carbocycles. The Morgan fingerprint density at radius 1 is 1.29 bits per heavy atom. The number of thiophene rings is 1. The first-order chi connectivity index (χ1) is 13.6. The van der Waals surface area contributed by atoms with E-state index < -0.39 is 5.97 Å². The van der Waals surface area contributed by atoms with Gasteiger partial charge in [0.1, 0.15) is 5.82 Å². The third-order valence-corrected chi connectivity index (χ3v) is 5.58. The van der Waals surface area contributed by atoms with Gasteiger partial charge in [-0.05, 0) is 36.1 Å². The number of halogens is 1. The van der Waals surface area contributed by atoms with Gasteiger partial charge in [0.25, 0.3) is 0 Å². The lowest BCUT2D eigenvalue weighted by molar-refractivity contribution is -0.132. The van der Waals surface area contributed by atoms with Crippen molar-refractivity contribution in [2.45, 2.75) is 26.3 Å². The summed E-state index contributed by atoms with van der Waals surface area (Å²) in [6, 6.07) is 11.5. The molecule has 0 aliphatic heterocycles. The van der Waals surface area contributed by atoms with E-state index in [2.05, 4.69) is 4.98 Å². The molecule has 0 fully saturated rings. The molecule has 2 heterocycles. The molecular formula is C22H21ClN2O2S. The van der Waals surface area contributed by atoms with Crippen LogP contribution in [0.2, 0.25) is 5.02 Å². The maximum atomic E-state index is 11.8. The van der Waals surface area contributed by atoms with E-state index in [0.29, 0.717) is 30.0 Å². The summed E-state index contributed by atoms with van der Waals surface area (Å²) in [7, 11) is 0. The highest BCUT2D eigenvalue weighted by molar-refractivity contribution is 7.09. The van der Waals surface area contributed by atoms with Crippen LogP contribution in [0, 0.1) is 0 Å². The van der Waals surface area contributed by atoms with Gasteiger partial charge in [-0.3, -0.25) is 0 Å². The number of aromatic nitrogens is 2. The first kappa shape index (κ1) is 20.1. The van der Waals surface area contributed by atoms with Gasteiger partial charge in [0.15, 0.2) is 0 Å². The Balaban J connectivity index is 2.00. The second-order valence-electron chi connectivity index (χ2n) is 6.28. The van der Waals surface area contributed by atoms with E-state index in [1.54, 1.807) is 23.6 Å². The first-order valence-corrected chi connectivity index (χ1v) is 10.2. The van der Waals surface area contributed by atoms with E-state index in [-0.39, 0.29) is 0 Å². The van der Waals surface area contributed by atoms with Crippen LogP contribution in [0.5, 0.6) is 0 Å². The molecule has 144 valence electrons. The van der Waals surface area contributed by atoms with Crippen LogP contribution in [0.3, 0.4) is 0 Å². The van der Waals surface area contributed by atoms with Crippen molar-refractivity contribution in [2.24, 2.45) is 0 Å². The third kappa shape index (κ3) is 5.00. The van der Waals surface area contributed by atoms with E-state index in [1.165, 1.54) is 0 Å². The van der Waals surface area contributed by atoms with Crippen molar-refractivity contribution < 1.29 is 9.90 Å². The zero-order valence-corrected chi connectivity index (χ0v) is 17.1. The van der Waals surface area contributed by atoms with E-state index in [4.69, 9.17) is 11.6 Å². The molecule has 0 radical (unpaired) electrons. The summed E-state index contributed by atoms with van der Waals surface area (Å²) < 4.78 is 2.03. The Bertz CT molecular complexity index is 1000. The molecule has 0 amide bonds. The third-order valence-electron chi connectivity index (χ3n) is 4.33. The molecule has 1 aromatic carbocycles. The highest BCUT2D eigenvalue weighted by Gasteiger charge is 2.14. The molecule has 0 spiro atoms. The quantitative estimate of drug-likeness (QED) is 0.394. The first-order valence-electron chi connectivity index (χ1n) is 8.93. The van der Waals surface area contributed by atoms with Gasteiger partial charge in [0, 0.05) is 28.3 Å². The number of benzene rings is 1. The lowest BCUT2D eigenvalue weighted by atomic mass is 10.1. The molecule has 6 heteroatoms. The number of imidazole rings is 1. The van der Waals surface area contributed by atoms with E-state index >= 15 is 0 Å². The summed E-state index contributed by atoms with van der Waals surface area (Å²) in [5.74, 6) is -0.0565. The van der Waals surface area contributed by atoms with Crippen LogP contribution < -0.4 is 0 Å². The molecule has 0 bridgehead atoms. The van der Waals surface area contributed by atoms with Gasteiger partial charge >= 0.3 is 5.97 Å². The lowest BCUT2D eigenvalue weighted by Gasteiger charge is -2.12. The van der Waals surface area contributed by atoms with Gasteiger partial charge in [-0.15, -0.1) is 11.3 Å². The minimum Gasteiger partial charge on any atom is -0.478 e. The number of carboxylic acid groups (broad SMARTS) is 1. The zero-order valence-electron chi connectivity index (χ0n) is 15.5. The van der Waals surface area contributed by atoms with E-state index in [9.17, 15) is 9.90 Å². The molecule has 4 nitrogen and oxygen atoms in total. The Hall–Kier alpha value is -2.63. The topological polar surface area (TPSA) is 55.1 Å². The molecule has 0 unspecified atom stereocenters. The molecule has 0 aliphatic carbocycles. The standard InChI is InChI=1S/C22H21ClN2O2S/c1-2-3-10-21-24-14-18(25(21)15-16-7-4-5-9-20(16)23)12-17(22(26)27)13-19-8-6-11-28-19/h2-9,11-12,14H,10,13,15H2,1H3,(H,26,27)/b3-2+,17-12-. The van der Waals surface area contributed by atoms with Crippen molar-refractivity contribution in [1.82, 2.24) is 9.55 Å². The number of nitrogens with zero attached hydrogens (tertiary/aromatic N) is 2. The van der Waals surface area contributed by atoms with Gasteiger partial charge in [-0.2, -0.15) is 0 Å². The molecule has 0 atom stereocenters. The maximum Gasteiger partial charge on any atom is 0.332 e. The number of hydrogen-bond donors (Lipinski definition) is 1. The normalized spacial score (nSPS) is 12.0. The van der Waals surface area contributed by atoms with Crippen LogP contribution in [-0.2, 0) is 24.2 Å². The van der Waals surface area contributed by atoms with Crippen molar-refractivity contribution in [2.75, 3.05) is 0 Å². The predicted octanol–water partition coefficient (Wildman–Crippen LogP) is 5.48. The molecule has 3 aromatic rings. The van der Waals surface area contributed by atoms with Crippen molar-refractivity contribution >= 4 is 35.0 Å². The SMILES string of the molecule is C/C=C/Cc1ncc(/C=C(/Cc2cccs2)C(=O)O)n1Cc1ccccc1Cl. The average molecular weight is 413 g/mol. The van der Waals surface area contributed by atoms with Crippen molar-refractivity contribution in [3.63, 3.8) is 0 Å². The van der Waals surface area contributed by atoms with Crippen LogP contribution in [0.15, 0.2) is 65.7 Å². The number of carbonyl (C=O) groups is 1. The molecular weight excluding hydrogens is 392 g/mol. The number of aliphatic carboxylic acids is 1. The molecule has 3 rings (SSSR count). The lowest BCUT2D eigenvalue weighted by Crippen LogP contribution is -2.09. The Morgan fingerprint density at radius 3 is 2.79 bits per heavy atom. The van der Waals surface area contributed by atoms with Crippen LogP contribution in [0.25, 0.3) is 6.08 Å². The Morgan fingerprint density at radius 2 is 2.11 bits per heavy atom. The van der Waals surface area contributed by atoms with Crippen molar-refractivity contribution in [1.29, 1.82) is 0 Å². The van der Waals surface area contributed by atoms with E-state index in [0.717, 1.165) is 22.0 Å². The number of carboxylic acids is 1. The smallest absolute Gasteiger partial charge is 0.332 e. The fraction of sp³-hybridized carbons (Fsp3) is 0.182. The van der Waals surface area contributed by atoms with Crippen LogP contribution in [0.1, 0.15) is 28.9 Å². The van der Waals surface area contributed by atoms with E-state index in [1.807, 2.05) is 65.4 Å². The summed E-state index contributed by atoms with van der Waals surface area (Å²) in [5.41, 5.74) is 2.06. The molecule has 0 saturated heterocycles. The number of allylic oxidation sites excluding steroid dienone is 2. The molecule has 28 heavy (non-hydrogen) atoms. The van der Waals surface area contributed by atoms with Crippen LogP contribution >= 0.6 is 22.9 Å². The number of rotatable bonds is 8. The minimum atomic E-state index is -0.922. The molecule has 0 aliphatic rings. The van der Waals surface area contributed by atoms with Gasteiger partial charge in [0.2, 0.25) is 0 Å². The van der Waals surface area contributed by atoms with Crippen molar-refractivity contribution in [3.8, 4) is 0 Å². The highest BCUT2D eigenvalue weighted by atomic mass is 35.5. The van der Waals surface area contributed by atoms with Crippen LogP contribution in [-0.4, -0.2) is 20.6 Å². The minimum absolute atomic E-state index is 0.334.